The van der Waals surface area contributed by atoms with Crippen molar-refractivity contribution in [1.82, 2.24) is 0 Å². The number of hydrogen-bond donors (Lipinski definition) is 2. The lowest BCUT2D eigenvalue weighted by Gasteiger charge is -2.01. The van der Waals surface area contributed by atoms with Crippen LogP contribution in [0.5, 0.6) is 5.75 Å². The highest BCUT2D eigenvalue weighted by atomic mass is 16.4. The molecule has 2 N–H and O–H groups in total. The summed E-state index contributed by atoms with van der Waals surface area (Å²) in [6.07, 6.45) is 14.1. The predicted molar refractivity (Wildman–Crippen MR) is 86.7 cm³/mol. The molecule has 0 saturated carbocycles. The third kappa shape index (κ3) is 6.98. The summed E-state index contributed by atoms with van der Waals surface area (Å²) in [5.74, 6) is -1.29. The fraction of sp³-hybridized carbons (Fsp3) is 0.500. The van der Waals surface area contributed by atoms with Gasteiger partial charge in [0.2, 0.25) is 0 Å². The third-order valence-corrected chi connectivity index (χ3v) is 3.54. The summed E-state index contributed by atoms with van der Waals surface area (Å²) in [6.45, 7) is 2.23. The van der Waals surface area contributed by atoms with Crippen molar-refractivity contribution in [3.05, 3.63) is 35.4 Å². The van der Waals surface area contributed by atoms with Crippen molar-refractivity contribution in [3.63, 3.8) is 0 Å². The lowest BCUT2D eigenvalue weighted by atomic mass is 10.1. The fourth-order valence-corrected chi connectivity index (χ4v) is 2.27. The average molecular weight is 290 g/mol. The summed E-state index contributed by atoms with van der Waals surface area (Å²) in [5.41, 5.74) is 0.777. The summed E-state index contributed by atoms with van der Waals surface area (Å²) >= 11 is 0. The minimum Gasteiger partial charge on any atom is -0.507 e. The summed E-state index contributed by atoms with van der Waals surface area (Å²) in [7, 11) is 0. The lowest BCUT2D eigenvalue weighted by molar-refractivity contribution is 0.0694. The van der Waals surface area contributed by atoms with E-state index in [9.17, 15) is 9.90 Å². The lowest BCUT2D eigenvalue weighted by Crippen LogP contribution is -1.96. The average Bonchev–Trinajstić information content (AvgIpc) is 2.45. The number of aromatic hydroxyl groups is 1. The van der Waals surface area contributed by atoms with Crippen LogP contribution < -0.4 is 0 Å². The standard InChI is InChI=1S/C18H26O3/c1-2-3-4-5-6-7-8-9-10-11-15-12-13-16(18(20)21)17(19)14-15/h10-14,19H,2-9H2,1H3,(H,20,21)/b11-10+. The molecule has 0 amide bonds. The third-order valence-electron chi connectivity index (χ3n) is 3.54. The smallest absolute Gasteiger partial charge is 0.339 e. The number of carboxylic acid groups (broad SMARTS) is 1. The van der Waals surface area contributed by atoms with Gasteiger partial charge in [0.1, 0.15) is 11.3 Å². The first-order valence-corrected chi connectivity index (χ1v) is 7.88. The van der Waals surface area contributed by atoms with Crippen LogP contribution in [-0.2, 0) is 0 Å². The van der Waals surface area contributed by atoms with Gasteiger partial charge < -0.3 is 10.2 Å². The molecule has 0 atom stereocenters. The predicted octanol–water partition coefficient (Wildman–Crippen LogP) is 5.24. The quantitative estimate of drug-likeness (QED) is 0.579. The van der Waals surface area contributed by atoms with Gasteiger partial charge in [-0.15, -0.1) is 0 Å². The van der Waals surface area contributed by atoms with Crippen LogP contribution in [0.15, 0.2) is 24.3 Å². The molecule has 3 heteroatoms. The Kier molecular flexibility index (Phi) is 8.25. The van der Waals surface area contributed by atoms with E-state index in [4.69, 9.17) is 5.11 Å². The van der Waals surface area contributed by atoms with Crippen LogP contribution in [0.3, 0.4) is 0 Å². The monoisotopic (exact) mass is 290 g/mol. The molecule has 0 heterocycles. The van der Waals surface area contributed by atoms with E-state index in [2.05, 4.69) is 13.0 Å². The zero-order valence-electron chi connectivity index (χ0n) is 12.8. The molecule has 116 valence electrons. The second-order valence-electron chi connectivity index (χ2n) is 5.39. The van der Waals surface area contributed by atoms with Crippen LogP contribution >= 0.6 is 0 Å². The zero-order chi connectivity index (χ0) is 15.5. The Morgan fingerprint density at radius 3 is 2.38 bits per heavy atom. The molecule has 3 nitrogen and oxygen atoms in total. The molecule has 0 aromatic heterocycles. The molecule has 0 fully saturated rings. The number of aromatic carboxylic acids is 1. The number of unbranched alkanes of at least 4 members (excludes halogenated alkanes) is 7. The van der Waals surface area contributed by atoms with E-state index in [0.717, 1.165) is 12.0 Å². The topological polar surface area (TPSA) is 57.5 Å². The Labute approximate surface area is 127 Å². The molecule has 0 saturated heterocycles. The molecular formula is C18H26O3. The van der Waals surface area contributed by atoms with Gasteiger partial charge in [-0.25, -0.2) is 4.79 Å². The van der Waals surface area contributed by atoms with Gasteiger partial charge >= 0.3 is 5.97 Å². The molecule has 0 aliphatic rings. The highest BCUT2D eigenvalue weighted by molar-refractivity contribution is 5.91. The number of carboxylic acids is 1. The highest BCUT2D eigenvalue weighted by Gasteiger charge is 2.08. The minimum atomic E-state index is -1.11. The molecule has 0 unspecified atom stereocenters. The second kappa shape index (κ2) is 10.0. The maximum absolute atomic E-state index is 10.8. The van der Waals surface area contributed by atoms with E-state index in [1.54, 1.807) is 6.07 Å². The molecule has 1 aromatic carbocycles. The van der Waals surface area contributed by atoms with Gasteiger partial charge in [-0.3, -0.25) is 0 Å². The number of phenols is 1. The Balaban J connectivity index is 2.25. The van der Waals surface area contributed by atoms with E-state index >= 15 is 0 Å². The summed E-state index contributed by atoms with van der Waals surface area (Å²) in [5, 5.41) is 18.4. The molecule has 0 radical (unpaired) electrons. The molecule has 21 heavy (non-hydrogen) atoms. The van der Waals surface area contributed by atoms with Gasteiger partial charge in [0.15, 0.2) is 0 Å². The van der Waals surface area contributed by atoms with Crippen LogP contribution in [0, 0.1) is 0 Å². The summed E-state index contributed by atoms with van der Waals surface area (Å²) < 4.78 is 0. The van der Waals surface area contributed by atoms with Crippen molar-refractivity contribution in [2.75, 3.05) is 0 Å². The van der Waals surface area contributed by atoms with Crippen molar-refractivity contribution in [2.24, 2.45) is 0 Å². The zero-order valence-corrected chi connectivity index (χ0v) is 12.8. The Hall–Kier alpha value is -1.77. The molecule has 0 spiro atoms. The van der Waals surface area contributed by atoms with E-state index in [1.807, 2.05) is 6.08 Å². The first-order valence-electron chi connectivity index (χ1n) is 7.88. The molecular weight excluding hydrogens is 264 g/mol. The first-order chi connectivity index (χ1) is 10.1. The van der Waals surface area contributed by atoms with Crippen molar-refractivity contribution < 1.29 is 15.0 Å². The van der Waals surface area contributed by atoms with Crippen LogP contribution in [0.2, 0.25) is 0 Å². The van der Waals surface area contributed by atoms with Crippen LogP contribution in [-0.4, -0.2) is 16.2 Å². The summed E-state index contributed by atoms with van der Waals surface area (Å²) in [6, 6.07) is 4.64. The van der Waals surface area contributed by atoms with E-state index < -0.39 is 5.97 Å². The molecule has 1 rings (SSSR count). The van der Waals surface area contributed by atoms with Crippen LogP contribution in [0.1, 0.15) is 74.2 Å². The number of carbonyl (C=O) groups is 1. The largest absolute Gasteiger partial charge is 0.507 e. The first kappa shape index (κ1) is 17.3. The fourth-order valence-electron chi connectivity index (χ4n) is 2.27. The maximum Gasteiger partial charge on any atom is 0.339 e. The van der Waals surface area contributed by atoms with Crippen molar-refractivity contribution in [1.29, 1.82) is 0 Å². The Morgan fingerprint density at radius 2 is 1.76 bits per heavy atom. The SMILES string of the molecule is CCCCCCCCC/C=C/c1ccc(C(=O)O)c(O)c1. The Morgan fingerprint density at radius 1 is 1.10 bits per heavy atom. The Bertz CT molecular complexity index is 464. The normalized spacial score (nSPS) is 11.1. The molecule has 0 aliphatic heterocycles. The number of allylic oxidation sites excluding steroid dienone is 1. The van der Waals surface area contributed by atoms with E-state index in [-0.39, 0.29) is 11.3 Å². The number of rotatable bonds is 10. The molecule has 1 aromatic rings. The van der Waals surface area contributed by atoms with Gasteiger partial charge in [-0.1, -0.05) is 63.7 Å². The van der Waals surface area contributed by atoms with Crippen LogP contribution in [0.4, 0.5) is 0 Å². The van der Waals surface area contributed by atoms with Crippen LogP contribution in [0.25, 0.3) is 6.08 Å². The van der Waals surface area contributed by atoms with Gasteiger partial charge in [0.05, 0.1) is 0 Å². The number of hydrogen-bond acceptors (Lipinski definition) is 2. The van der Waals surface area contributed by atoms with E-state index in [1.165, 1.54) is 57.1 Å². The van der Waals surface area contributed by atoms with Crippen molar-refractivity contribution in [2.45, 2.75) is 58.3 Å². The van der Waals surface area contributed by atoms with Gasteiger partial charge in [0, 0.05) is 0 Å². The van der Waals surface area contributed by atoms with Gasteiger partial charge in [-0.05, 0) is 30.5 Å². The molecule has 0 aliphatic carbocycles. The molecule has 0 bridgehead atoms. The van der Waals surface area contributed by atoms with Gasteiger partial charge in [0.25, 0.3) is 0 Å². The minimum absolute atomic E-state index is 0.0563. The maximum atomic E-state index is 10.8. The van der Waals surface area contributed by atoms with E-state index in [0.29, 0.717) is 0 Å². The summed E-state index contributed by atoms with van der Waals surface area (Å²) in [4.78, 5) is 10.8. The van der Waals surface area contributed by atoms with Crippen molar-refractivity contribution in [3.8, 4) is 5.75 Å². The van der Waals surface area contributed by atoms with Gasteiger partial charge in [-0.2, -0.15) is 0 Å². The number of benzene rings is 1. The second-order valence-corrected chi connectivity index (χ2v) is 5.39. The highest BCUT2D eigenvalue weighted by Crippen LogP contribution is 2.20. The van der Waals surface area contributed by atoms with Crippen molar-refractivity contribution >= 4 is 12.0 Å².